The van der Waals surface area contributed by atoms with Crippen LogP contribution in [0.3, 0.4) is 0 Å². The highest BCUT2D eigenvalue weighted by atomic mass is 32.1. The highest BCUT2D eigenvalue weighted by molar-refractivity contribution is 7.07. The Morgan fingerprint density at radius 3 is 3.18 bits per heavy atom. The van der Waals surface area contributed by atoms with E-state index >= 15 is 0 Å². The normalized spacial score (nSPS) is 12.3. The Morgan fingerprint density at radius 1 is 1.65 bits per heavy atom. The summed E-state index contributed by atoms with van der Waals surface area (Å²) in [5.41, 5.74) is 6.71. The van der Waals surface area contributed by atoms with Crippen molar-refractivity contribution in [3.05, 3.63) is 39.1 Å². The van der Waals surface area contributed by atoms with Gasteiger partial charge in [-0.05, 0) is 35.7 Å². The van der Waals surface area contributed by atoms with Gasteiger partial charge in [-0.2, -0.15) is 11.3 Å². The SMILES string of the molecule is CC(Cc1ccsc1)Nc1nc[nH]c(=O)c1N. The zero-order valence-corrected chi connectivity index (χ0v) is 10.3. The molecule has 90 valence electrons. The molecule has 0 aliphatic carbocycles. The summed E-state index contributed by atoms with van der Waals surface area (Å²) in [6.45, 7) is 2.03. The van der Waals surface area contributed by atoms with Gasteiger partial charge in [0.1, 0.15) is 5.69 Å². The Labute approximate surface area is 103 Å². The Hall–Kier alpha value is -1.82. The number of hydrogen-bond donors (Lipinski definition) is 3. The quantitative estimate of drug-likeness (QED) is 0.767. The van der Waals surface area contributed by atoms with Crippen molar-refractivity contribution in [3.63, 3.8) is 0 Å². The minimum absolute atomic E-state index is 0.129. The second kappa shape index (κ2) is 5.01. The number of nitrogens with zero attached hydrogens (tertiary/aromatic N) is 1. The smallest absolute Gasteiger partial charge is 0.276 e. The largest absolute Gasteiger partial charge is 0.391 e. The number of hydrogen-bond acceptors (Lipinski definition) is 5. The molecule has 2 aromatic heterocycles. The van der Waals surface area contributed by atoms with Gasteiger partial charge in [0, 0.05) is 6.04 Å². The molecule has 0 fully saturated rings. The summed E-state index contributed by atoms with van der Waals surface area (Å²) in [5, 5.41) is 7.29. The van der Waals surface area contributed by atoms with E-state index in [1.165, 1.54) is 11.9 Å². The molecule has 2 heterocycles. The number of rotatable bonds is 4. The van der Waals surface area contributed by atoms with Crippen LogP contribution in [0.5, 0.6) is 0 Å². The van der Waals surface area contributed by atoms with Gasteiger partial charge in [0.25, 0.3) is 5.56 Å². The van der Waals surface area contributed by atoms with Crippen LogP contribution in [-0.4, -0.2) is 16.0 Å². The van der Waals surface area contributed by atoms with Crippen molar-refractivity contribution >= 4 is 22.8 Å². The van der Waals surface area contributed by atoms with E-state index in [4.69, 9.17) is 5.73 Å². The molecule has 0 aliphatic heterocycles. The van der Waals surface area contributed by atoms with E-state index in [-0.39, 0.29) is 17.3 Å². The number of anilines is 2. The van der Waals surface area contributed by atoms with Gasteiger partial charge in [0.05, 0.1) is 6.33 Å². The first kappa shape index (κ1) is 11.7. The molecule has 6 heteroatoms. The minimum atomic E-state index is -0.315. The lowest BCUT2D eigenvalue weighted by atomic mass is 10.1. The molecule has 0 saturated carbocycles. The van der Waals surface area contributed by atoms with Gasteiger partial charge in [-0.15, -0.1) is 0 Å². The molecule has 17 heavy (non-hydrogen) atoms. The van der Waals surface area contributed by atoms with E-state index in [9.17, 15) is 4.79 Å². The van der Waals surface area contributed by atoms with Crippen LogP contribution in [0.25, 0.3) is 0 Å². The van der Waals surface area contributed by atoms with Gasteiger partial charge < -0.3 is 16.0 Å². The number of aromatic nitrogens is 2. The Balaban J connectivity index is 2.05. The third-order valence-electron chi connectivity index (χ3n) is 2.39. The van der Waals surface area contributed by atoms with Crippen molar-refractivity contribution in [1.82, 2.24) is 9.97 Å². The summed E-state index contributed by atoms with van der Waals surface area (Å²) in [7, 11) is 0. The minimum Gasteiger partial charge on any atom is -0.391 e. The van der Waals surface area contributed by atoms with Crippen molar-refractivity contribution in [2.24, 2.45) is 0 Å². The fourth-order valence-corrected chi connectivity index (χ4v) is 2.25. The third-order valence-corrected chi connectivity index (χ3v) is 3.13. The molecule has 4 N–H and O–H groups in total. The zero-order valence-electron chi connectivity index (χ0n) is 9.43. The van der Waals surface area contributed by atoms with Gasteiger partial charge in [0.2, 0.25) is 0 Å². The maximum Gasteiger partial charge on any atom is 0.276 e. The highest BCUT2D eigenvalue weighted by Gasteiger charge is 2.09. The highest BCUT2D eigenvalue weighted by Crippen LogP contribution is 2.13. The average molecular weight is 250 g/mol. The van der Waals surface area contributed by atoms with E-state index in [2.05, 4.69) is 26.7 Å². The summed E-state index contributed by atoms with van der Waals surface area (Å²) < 4.78 is 0. The van der Waals surface area contributed by atoms with Gasteiger partial charge >= 0.3 is 0 Å². The number of nitrogens with one attached hydrogen (secondary N) is 2. The second-order valence-electron chi connectivity index (χ2n) is 3.88. The summed E-state index contributed by atoms with van der Waals surface area (Å²) in [6.07, 6.45) is 2.22. The molecule has 2 aromatic rings. The summed E-state index contributed by atoms with van der Waals surface area (Å²) in [6, 6.07) is 2.25. The average Bonchev–Trinajstić information content (AvgIpc) is 2.77. The third kappa shape index (κ3) is 2.85. The maximum atomic E-state index is 11.3. The molecule has 0 radical (unpaired) electrons. The number of nitrogens with two attached hydrogens (primary N) is 1. The van der Waals surface area contributed by atoms with Crippen molar-refractivity contribution in [3.8, 4) is 0 Å². The van der Waals surface area contributed by atoms with Crippen molar-refractivity contribution in [2.75, 3.05) is 11.1 Å². The molecule has 1 atom stereocenters. The second-order valence-corrected chi connectivity index (χ2v) is 4.66. The van der Waals surface area contributed by atoms with Crippen LogP contribution in [0, 0.1) is 0 Å². The molecule has 0 saturated heterocycles. The van der Waals surface area contributed by atoms with E-state index in [1.54, 1.807) is 11.3 Å². The molecule has 5 nitrogen and oxygen atoms in total. The van der Waals surface area contributed by atoms with Crippen LogP contribution in [-0.2, 0) is 6.42 Å². The van der Waals surface area contributed by atoms with Gasteiger partial charge in [-0.25, -0.2) is 4.98 Å². The van der Waals surface area contributed by atoms with Crippen LogP contribution in [0.15, 0.2) is 27.9 Å². The number of nitrogen functional groups attached to an aromatic ring is 1. The van der Waals surface area contributed by atoms with Crippen LogP contribution in [0.4, 0.5) is 11.5 Å². The van der Waals surface area contributed by atoms with Crippen LogP contribution in [0.2, 0.25) is 0 Å². The lowest BCUT2D eigenvalue weighted by molar-refractivity contribution is 0.786. The van der Waals surface area contributed by atoms with E-state index < -0.39 is 0 Å². The molecule has 0 amide bonds. The zero-order chi connectivity index (χ0) is 12.3. The summed E-state index contributed by atoms with van der Waals surface area (Å²) in [5.74, 6) is 0.441. The standard InChI is InChI=1S/C11H14N4OS/c1-7(4-8-2-3-17-5-8)15-10-9(12)11(16)14-6-13-10/h2-3,5-7H,4,12H2,1H3,(H2,13,14,15,16). The topological polar surface area (TPSA) is 83.8 Å². The van der Waals surface area contributed by atoms with Gasteiger partial charge in [0.15, 0.2) is 5.82 Å². The lowest BCUT2D eigenvalue weighted by Crippen LogP contribution is -2.23. The van der Waals surface area contributed by atoms with Gasteiger partial charge in [-0.3, -0.25) is 4.79 Å². The number of H-pyrrole nitrogens is 1. The van der Waals surface area contributed by atoms with Crippen LogP contribution < -0.4 is 16.6 Å². The predicted octanol–water partition coefficient (Wildman–Crippen LogP) is 1.46. The number of aromatic amines is 1. The van der Waals surface area contributed by atoms with Gasteiger partial charge in [-0.1, -0.05) is 0 Å². The predicted molar refractivity (Wildman–Crippen MR) is 70.4 cm³/mol. The van der Waals surface area contributed by atoms with Crippen molar-refractivity contribution < 1.29 is 0 Å². The molecular formula is C11H14N4OS. The van der Waals surface area contributed by atoms with Crippen molar-refractivity contribution in [1.29, 1.82) is 0 Å². The number of thiophene rings is 1. The molecule has 0 spiro atoms. The van der Waals surface area contributed by atoms with E-state index in [0.29, 0.717) is 5.82 Å². The fraction of sp³-hybridized carbons (Fsp3) is 0.273. The maximum absolute atomic E-state index is 11.3. The monoisotopic (exact) mass is 250 g/mol. The Morgan fingerprint density at radius 2 is 2.47 bits per heavy atom. The fourth-order valence-electron chi connectivity index (χ4n) is 1.57. The molecule has 2 rings (SSSR count). The summed E-state index contributed by atoms with van der Waals surface area (Å²) in [4.78, 5) is 17.7. The first-order valence-electron chi connectivity index (χ1n) is 5.27. The molecule has 1 unspecified atom stereocenters. The molecule has 0 bridgehead atoms. The Kier molecular flexibility index (Phi) is 3.43. The van der Waals surface area contributed by atoms with E-state index in [1.807, 2.05) is 12.3 Å². The summed E-state index contributed by atoms with van der Waals surface area (Å²) >= 11 is 1.67. The van der Waals surface area contributed by atoms with E-state index in [0.717, 1.165) is 6.42 Å². The first-order valence-corrected chi connectivity index (χ1v) is 6.22. The lowest BCUT2D eigenvalue weighted by Gasteiger charge is -2.14. The van der Waals surface area contributed by atoms with Crippen LogP contribution >= 0.6 is 11.3 Å². The molecular weight excluding hydrogens is 236 g/mol. The van der Waals surface area contributed by atoms with Crippen LogP contribution in [0.1, 0.15) is 12.5 Å². The molecule has 0 aliphatic rings. The molecule has 0 aromatic carbocycles. The first-order chi connectivity index (χ1) is 8.16. The Bertz CT molecular complexity index is 535. The van der Waals surface area contributed by atoms with Crippen molar-refractivity contribution in [2.45, 2.75) is 19.4 Å².